The first-order valence-electron chi connectivity index (χ1n) is 5.49. The molecule has 1 aliphatic rings. The molecule has 0 bridgehead atoms. The van der Waals surface area contributed by atoms with Gasteiger partial charge in [0.1, 0.15) is 0 Å². The molecule has 4 nitrogen and oxygen atoms in total. The molecule has 2 N–H and O–H groups in total. The summed E-state index contributed by atoms with van der Waals surface area (Å²) in [7, 11) is 3.62. The van der Waals surface area contributed by atoms with Crippen LogP contribution in [0, 0.1) is 5.92 Å². The van der Waals surface area contributed by atoms with E-state index in [4.69, 9.17) is 5.11 Å². The van der Waals surface area contributed by atoms with Crippen LogP contribution in [0.25, 0.3) is 0 Å². The van der Waals surface area contributed by atoms with Crippen LogP contribution in [-0.2, 0) is 4.79 Å². The van der Waals surface area contributed by atoms with E-state index in [2.05, 4.69) is 5.32 Å². The maximum atomic E-state index is 12.0. The van der Waals surface area contributed by atoms with Crippen LogP contribution in [-0.4, -0.2) is 48.2 Å². The summed E-state index contributed by atoms with van der Waals surface area (Å²) in [6.45, 7) is 4.50. The van der Waals surface area contributed by atoms with Gasteiger partial charge in [-0.1, -0.05) is 0 Å². The maximum absolute atomic E-state index is 12.0. The van der Waals surface area contributed by atoms with Crippen molar-refractivity contribution in [1.29, 1.82) is 0 Å². The highest BCUT2D eigenvalue weighted by Gasteiger charge is 2.33. The van der Waals surface area contributed by atoms with Crippen LogP contribution in [0.5, 0.6) is 0 Å². The van der Waals surface area contributed by atoms with Gasteiger partial charge >= 0.3 is 0 Å². The number of hydrogen-bond acceptors (Lipinski definition) is 3. The van der Waals surface area contributed by atoms with Crippen LogP contribution in [0.1, 0.15) is 26.7 Å². The van der Waals surface area contributed by atoms with Crippen molar-refractivity contribution in [2.45, 2.75) is 38.3 Å². The van der Waals surface area contributed by atoms with Gasteiger partial charge in [-0.15, -0.1) is 0 Å². The zero-order chi connectivity index (χ0) is 11.6. The Kier molecular flexibility index (Phi) is 3.73. The summed E-state index contributed by atoms with van der Waals surface area (Å²) in [5.41, 5.74) is -0.503. The van der Waals surface area contributed by atoms with E-state index in [1.54, 1.807) is 11.9 Å². The minimum Gasteiger partial charge on any atom is -0.393 e. The van der Waals surface area contributed by atoms with Crippen molar-refractivity contribution in [3.8, 4) is 0 Å². The SMILES string of the molecule is CNC(C)(C)C(=O)N(C)CC1CC(O)C1. The van der Waals surface area contributed by atoms with Crippen LogP contribution in [0.3, 0.4) is 0 Å². The van der Waals surface area contributed by atoms with E-state index in [1.165, 1.54) is 0 Å². The lowest BCUT2D eigenvalue weighted by molar-refractivity contribution is -0.137. The quantitative estimate of drug-likeness (QED) is 0.703. The van der Waals surface area contributed by atoms with Crippen molar-refractivity contribution in [1.82, 2.24) is 10.2 Å². The fourth-order valence-corrected chi connectivity index (χ4v) is 1.90. The molecule has 1 fully saturated rings. The predicted octanol–water partition coefficient (Wildman–Crippen LogP) is 0.214. The summed E-state index contributed by atoms with van der Waals surface area (Å²) in [4.78, 5) is 13.7. The molecule has 88 valence electrons. The minimum absolute atomic E-state index is 0.103. The molecular weight excluding hydrogens is 192 g/mol. The lowest BCUT2D eigenvalue weighted by atomic mass is 9.82. The first kappa shape index (κ1) is 12.5. The summed E-state index contributed by atoms with van der Waals surface area (Å²) in [6.07, 6.45) is 1.52. The molecular formula is C11H22N2O2. The third-order valence-electron chi connectivity index (χ3n) is 3.25. The van der Waals surface area contributed by atoms with E-state index in [9.17, 15) is 4.79 Å². The van der Waals surface area contributed by atoms with E-state index >= 15 is 0 Å². The van der Waals surface area contributed by atoms with Crippen molar-refractivity contribution in [2.24, 2.45) is 5.92 Å². The number of aliphatic hydroxyl groups is 1. The Hall–Kier alpha value is -0.610. The molecule has 15 heavy (non-hydrogen) atoms. The van der Waals surface area contributed by atoms with Crippen LogP contribution in [0.4, 0.5) is 0 Å². The third-order valence-corrected chi connectivity index (χ3v) is 3.25. The van der Waals surface area contributed by atoms with Gasteiger partial charge in [-0.3, -0.25) is 4.79 Å². The van der Waals surface area contributed by atoms with Gasteiger partial charge in [0, 0.05) is 13.6 Å². The molecule has 0 aromatic rings. The second-order valence-corrected chi connectivity index (χ2v) is 5.05. The normalized spacial score (nSPS) is 25.9. The molecule has 0 atom stereocenters. The minimum atomic E-state index is -0.503. The first-order chi connectivity index (χ1) is 6.86. The molecule has 0 saturated heterocycles. The molecule has 0 unspecified atom stereocenters. The largest absolute Gasteiger partial charge is 0.393 e. The van der Waals surface area contributed by atoms with E-state index in [0.717, 1.165) is 19.4 Å². The van der Waals surface area contributed by atoms with Gasteiger partial charge in [-0.25, -0.2) is 0 Å². The molecule has 0 aliphatic heterocycles. The second kappa shape index (κ2) is 4.49. The average Bonchev–Trinajstić information content (AvgIpc) is 2.14. The Balaban J connectivity index is 2.40. The second-order valence-electron chi connectivity index (χ2n) is 5.05. The zero-order valence-corrected chi connectivity index (χ0v) is 10.1. The van der Waals surface area contributed by atoms with Gasteiger partial charge < -0.3 is 15.3 Å². The summed E-state index contributed by atoms with van der Waals surface area (Å²) >= 11 is 0. The van der Waals surface area contributed by atoms with Crippen molar-refractivity contribution < 1.29 is 9.90 Å². The lowest BCUT2D eigenvalue weighted by Gasteiger charge is -2.37. The first-order valence-corrected chi connectivity index (χ1v) is 5.49. The Bertz CT molecular complexity index is 235. The van der Waals surface area contributed by atoms with E-state index in [1.807, 2.05) is 20.9 Å². The topological polar surface area (TPSA) is 52.6 Å². The fraction of sp³-hybridized carbons (Fsp3) is 0.909. The molecule has 0 heterocycles. The Morgan fingerprint density at radius 2 is 2.07 bits per heavy atom. The number of likely N-dealkylation sites (N-methyl/N-ethyl adjacent to an activating group) is 2. The molecule has 1 rings (SSSR count). The highest BCUT2D eigenvalue weighted by atomic mass is 16.3. The number of hydrogen-bond donors (Lipinski definition) is 2. The molecule has 1 amide bonds. The number of carbonyl (C=O) groups excluding carboxylic acids is 1. The van der Waals surface area contributed by atoms with Crippen LogP contribution < -0.4 is 5.32 Å². The third kappa shape index (κ3) is 2.92. The number of rotatable bonds is 4. The van der Waals surface area contributed by atoms with Gasteiger partial charge in [0.05, 0.1) is 11.6 Å². The molecule has 0 aromatic carbocycles. The van der Waals surface area contributed by atoms with Gasteiger partial charge in [0.15, 0.2) is 0 Å². The standard InChI is InChI=1S/C11H22N2O2/c1-11(2,12-3)10(15)13(4)7-8-5-9(14)6-8/h8-9,12,14H,5-7H2,1-4H3. The highest BCUT2D eigenvalue weighted by Crippen LogP contribution is 2.27. The van der Waals surface area contributed by atoms with E-state index < -0.39 is 5.54 Å². The Morgan fingerprint density at radius 3 is 2.47 bits per heavy atom. The van der Waals surface area contributed by atoms with Crippen molar-refractivity contribution in [3.05, 3.63) is 0 Å². The highest BCUT2D eigenvalue weighted by molar-refractivity contribution is 5.85. The number of nitrogens with one attached hydrogen (secondary N) is 1. The van der Waals surface area contributed by atoms with Crippen LogP contribution in [0.15, 0.2) is 0 Å². The van der Waals surface area contributed by atoms with Gasteiger partial charge in [-0.2, -0.15) is 0 Å². The number of aliphatic hydroxyl groups excluding tert-OH is 1. The maximum Gasteiger partial charge on any atom is 0.242 e. The van der Waals surface area contributed by atoms with Crippen LogP contribution in [0.2, 0.25) is 0 Å². The molecule has 0 aromatic heterocycles. The number of nitrogens with zero attached hydrogens (tertiary/aromatic N) is 1. The zero-order valence-electron chi connectivity index (χ0n) is 10.1. The average molecular weight is 214 g/mol. The number of amides is 1. The van der Waals surface area contributed by atoms with Crippen molar-refractivity contribution >= 4 is 5.91 Å². The summed E-state index contributed by atoms with van der Waals surface area (Å²) < 4.78 is 0. The number of carbonyl (C=O) groups is 1. The summed E-state index contributed by atoms with van der Waals surface area (Å²) in [5.74, 6) is 0.577. The van der Waals surface area contributed by atoms with E-state index in [-0.39, 0.29) is 12.0 Å². The molecule has 0 radical (unpaired) electrons. The molecule has 1 aliphatic carbocycles. The summed E-state index contributed by atoms with van der Waals surface area (Å²) in [5, 5.41) is 12.2. The van der Waals surface area contributed by atoms with Gasteiger partial charge in [0.25, 0.3) is 0 Å². The predicted molar refractivity (Wildman–Crippen MR) is 59.5 cm³/mol. The molecule has 4 heteroatoms. The monoisotopic (exact) mass is 214 g/mol. The van der Waals surface area contributed by atoms with Crippen molar-refractivity contribution in [2.75, 3.05) is 20.6 Å². The molecule has 0 spiro atoms. The van der Waals surface area contributed by atoms with E-state index in [0.29, 0.717) is 5.92 Å². The van der Waals surface area contributed by atoms with Crippen molar-refractivity contribution in [3.63, 3.8) is 0 Å². The van der Waals surface area contributed by atoms with Crippen LogP contribution >= 0.6 is 0 Å². The fourth-order valence-electron chi connectivity index (χ4n) is 1.90. The van der Waals surface area contributed by atoms with Gasteiger partial charge in [-0.05, 0) is 39.7 Å². The Labute approximate surface area is 91.6 Å². The smallest absolute Gasteiger partial charge is 0.242 e. The van der Waals surface area contributed by atoms with Gasteiger partial charge in [0.2, 0.25) is 5.91 Å². The lowest BCUT2D eigenvalue weighted by Crippen LogP contribution is -2.53. The molecule has 1 saturated carbocycles. The summed E-state index contributed by atoms with van der Waals surface area (Å²) in [6, 6.07) is 0. The Morgan fingerprint density at radius 1 is 1.53 bits per heavy atom.